The minimum Gasteiger partial charge on any atom is -0.467 e. The van der Waals surface area contributed by atoms with E-state index in [9.17, 15) is 9.59 Å². The van der Waals surface area contributed by atoms with E-state index in [1.165, 1.54) is 7.11 Å². The van der Waals surface area contributed by atoms with Crippen LogP contribution in [-0.2, 0) is 20.9 Å². The molecule has 1 saturated carbocycles. The molecule has 1 amide bonds. The minimum atomic E-state index is -0.465. The molecule has 2 heterocycles. The molecule has 106 valence electrons. The molecule has 0 spiro atoms. The quantitative estimate of drug-likeness (QED) is 0.791. The van der Waals surface area contributed by atoms with Gasteiger partial charge in [0.25, 0.3) is 0 Å². The number of benzene rings is 1. The van der Waals surface area contributed by atoms with E-state index < -0.39 is 12.1 Å². The van der Waals surface area contributed by atoms with Gasteiger partial charge in [-0.3, -0.25) is 4.90 Å². The lowest BCUT2D eigenvalue weighted by Gasteiger charge is -2.25. The maximum atomic E-state index is 12.2. The first-order valence-corrected chi connectivity index (χ1v) is 6.77. The summed E-state index contributed by atoms with van der Waals surface area (Å²) < 4.78 is 10.1. The average molecular weight is 275 g/mol. The van der Waals surface area contributed by atoms with Crippen LogP contribution in [0.5, 0.6) is 0 Å². The molecule has 0 N–H and O–H groups in total. The number of ether oxygens (including phenoxy) is 2. The third-order valence-corrected chi connectivity index (χ3v) is 4.15. The van der Waals surface area contributed by atoms with Crippen molar-refractivity contribution in [3.8, 4) is 0 Å². The number of carbonyl (C=O) groups excluding carboxylic acids is 2. The maximum Gasteiger partial charge on any atom is 0.411 e. The summed E-state index contributed by atoms with van der Waals surface area (Å²) in [6.45, 7) is 0.224. The molecule has 1 unspecified atom stereocenters. The molecule has 2 aliphatic heterocycles. The predicted molar refractivity (Wildman–Crippen MR) is 70.8 cm³/mol. The first kappa shape index (κ1) is 13.0. The van der Waals surface area contributed by atoms with Crippen LogP contribution >= 0.6 is 0 Å². The van der Waals surface area contributed by atoms with Crippen molar-refractivity contribution in [2.45, 2.75) is 31.5 Å². The summed E-state index contributed by atoms with van der Waals surface area (Å²) in [6.07, 6.45) is 1.33. The molecule has 1 aliphatic carbocycles. The molecular weight excluding hydrogens is 258 g/mol. The fourth-order valence-electron chi connectivity index (χ4n) is 3.05. The lowest BCUT2D eigenvalue weighted by atomic mass is 9.83. The fourth-order valence-corrected chi connectivity index (χ4v) is 3.05. The summed E-state index contributed by atoms with van der Waals surface area (Å²) in [7, 11) is 1.35. The largest absolute Gasteiger partial charge is 0.467 e. The summed E-state index contributed by atoms with van der Waals surface area (Å²) in [5, 5.41) is 0. The normalized spacial score (nSPS) is 26.9. The van der Waals surface area contributed by atoms with Gasteiger partial charge in [-0.05, 0) is 24.3 Å². The van der Waals surface area contributed by atoms with Gasteiger partial charge in [0.1, 0.15) is 12.6 Å². The zero-order valence-electron chi connectivity index (χ0n) is 11.3. The number of amides is 1. The second-order valence-electron chi connectivity index (χ2n) is 5.30. The molecule has 1 atom stereocenters. The van der Waals surface area contributed by atoms with Crippen molar-refractivity contribution in [2.75, 3.05) is 7.11 Å². The van der Waals surface area contributed by atoms with E-state index in [1.807, 2.05) is 30.3 Å². The molecule has 5 nitrogen and oxygen atoms in total. The molecule has 3 fully saturated rings. The Morgan fingerprint density at radius 3 is 2.60 bits per heavy atom. The van der Waals surface area contributed by atoms with Crippen molar-refractivity contribution in [3.63, 3.8) is 0 Å². The zero-order chi connectivity index (χ0) is 14.1. The molecule has 0 radical (unpaired) electrons. The Kier molecular flexibility index (Phi) is 3.34. The molecule has 1 aromatic carbocycles. The average Bonchev–Trinajstić information content (AvgIpc) is 3.00. The Balaban J connectivity index is 1.63. The third-order valence-electron chi connectivity index (χ3n) is 4.15. The van der Waals surface area contributed by atoms with Gasteiger partial charge in [-0.2, -0.15) is 0 Å². The summed E-state index contributed by atoms with van der Waals surface area (Å²) in [5.74, 6) is -0.108. The van der Waals surface area contributed by atoms with E-state index in [2.05, 4.69) is 0 Å². The van der Waals surface area contributed by atoms with Crippen molar-refractivity contribution in [1.82, 2.24) is 4.90 Å². The van der Waals surface area contributed by atoms with Crippen LogP contribution in [0.4, 0.5) is 4.79 Å². The molecule has 20 heavy (non-hydrogen) atoms. The molecule has 5 heteroatoms. The van der Waals surface area contributed by atoms with E-state index in [-0.39, 0.29) is 24.5 Å². The second-order valence-corrected chi connectivity index (χ2v) is 5.30. The van der Waals surface area contributed by atoms with Crippen LogP contribution in [0.1, 0.15) is 18.4 Å². The van der Waals surface area contributed by atoms with Crippen LogP contribution < -0.4 is 0 Å². The van der Waals surface area contributed by atoms with Gasteiger partial charge in [0, 0.05) is 6.04 Å². The highest BCUT2D eigenvalue weighted by Gasteiger charge is 2.57. The van der Waals surface area contributed by atoms with E-state index in [1.54, 1.807) is 4.90 Å². The number of nitrogens with zero attached hydrogens (tertiary/aromatic N) is 1. The number of fused-ring (bicyclic) bond motifs is 1. The van der Waals surface area contributed by atoms with Crippen LogP contribution in [0, 0.1) is 5.92 Å². The van der Waals surface area contributed by atoms with Gasteiger partial charge in [-0.15, -0.1) is 0 Å². The number of hydrogen-bond acceptors (Lipinski definition) is 4. The van der Waals surface area contributed by atoms with E-state index in [4.69, 9.17) is 9.47 Å². The SMILES string of the molecule is COC(=O)C1C2CC(C2)N1C(=O)OCc1ccccc1. The van der Waals surface area contributed by atoms with Gasteiger partial charge in [-0.25, -0.2) is 9.59 Å². The Morgan fingerprint density at radius 1 is 1.25 bits per heavy atom. The van der Waals surface area contributed by atoms with Gasteiger partial charge in [0.05, 0.1) is 7.11 Å². The molecule has 2 saturated heterocycles. The van der Waals surface area contributed by atoms with Crippen molar-refractivity contribution in [2.24, 2.45) is 5.92 Å². The van der Waals surface area contributed by atoms with Crippen molar-refractivity contribution < 1.29 is 19.1 Å². The highest BCUT2D eigenvalue weighted by Crippen LogP contribution is 2.46. The van der Waals surface area contributed by atoms with Crippen LogP contribution in [0.15, 0.2) is 30.3 Å². The highest BCUT2D eigenvalue weighted by molar-refractivity contribution is 5.83. The Labute approximate surface area is 117 Å². The molecule has 0 aromatic heterocycles. The smallest absolute Gasteiger partial charge is 0.411 e. The van der Waals surface area contributed by atoms with Crippen LogP contribution in [0.3, 0.4) is 0 Å². The number of rotatable bonds is 3. The van der Waals surface area contributed by atoms with E-state index >= 15 is 0 Å². The van der Waals surface area contributed by atoms with Crippen molar-refractivity contribution in [1.29, 1.82) is 0 Å². The highest BCUT2D eigenvalue weighted by atomic mass is 16.6. The minimum absolute atomic E-state index is 0.132. The lowest BCUT2D eigenvalue weighted by Crippen LogP contribution is -2.42. The van der Waals surface area contributed by atoms with Gasteiger partial charge in [-0.1, -0.05) is 30.3 Å². The maximum absolute atomic E-state index is 12.2. The molecular formula is C15H17NO4. The van der Waals surface area contributed by atoms with Crippen LogP contribution in [-0.4, -0.2) is 36.2 Å². The topological polar surface area (TPSA) is 55.8 Å². The van der Waals surface area contributed by atoms with Crippen LogP contribution in [0.25, 0.3) is 0 Å². The molecule has 3 aliphatic rings. The molecule has 1 aromatic rings. The van der Waals surface area contributed by atoms with Gasteiger partial charge in [0.15, 0.2) is 0 Å². The number of hydrogen-bond donors (Lipinski definition) is 0. The monoisotopic (exact) mass is 275 g/mol. The number of methoxy groups -OCH3 is 1. The summed E-state index contributed by atoms with van der Waals surface area (Å²) in [6, 6.07) is 9.17. The van der Waals surface area contributed by atoms with Crippen molar-refractivity contribution in [3.05, 3.63) is 35.9 Å². The fraction of sp³-hybridized carbons (Fsp3) is 0.467. The molecule has 4 rings (SSSR count). The summed E-state index contributed by atoms with van der Waals surface area (Å²) in [4.78, 5) is 25.5. The van der Waals surface area contributed by atoms with E-state index in [0.717, 1.165) is 18.4 Å². The predicted octanol–water partition coefficient (Wildman–Crippen LogP) is 1.96. The van der Waals surface area contributed by atoms with Gasteiger partial charge >= 0.3 is 12.1 Å². The number of carbonyl (C=O) groups is 2. The van der Waals surface area contributed by atoms with Crippen LogP contribution in [0.2, 0.25) is 0 Å². The lowest BCUT2D eigenvalue weighted by molar-refractivity contribution is -0.145. The Hall–Kier alpha value is -2.04. The summed E-state index contributed by atoms with van der Waals surface area (Å²) >= 11 is 0. The van der Waals surface area contributed by atoms with Gasteiger partial charge < -0.3 is 9.47 Å². The third kappa shape index (κ3) is 2.13. The second kappa shape index (κ2) is 5.15. The molecule has 2 bridgehead atoms. The first-order valence-electron chi connectivity index (χ1n) is 6.77. The van der Waals surface area contributed by atoms with E-state index in [0.29, 0.717) is 0 Å². The Morgan fingerprint density at radius 2 is 1.95 bits per heavy atom. The summed E-state index contributed by atoms with van der Waals surface area (Å²) in [5.41, 5.74) is 0.932. The standard InChI is InChI=1S/C15H17NO4/c1-19-14(17)13-11-7-12(8-11)16(13)15(18)20-9-10-5-3-2-4-6-10/h2-6,11-13H,7-9H2,1H3. The number of esters is 1. The first-order chi connectivity index (χ1) is 9.70. The van der Waals surface area contributed by atoms with Gasteiger partial charge in [0.2, 0.25) is 0 Å². The van der Waals surface area contributed by atoms with Crippen molar-refractivity contribution >= 4 is 12.1 Å². The Bertz CT molecular complexity index is 510. The zero-order valence-corrected chi connectivity index (χ0v) is 11.3.